The average molecular weight is 315 g/mol. The molecule has 1 aromatic heterocycles. The number of hydrogen-bond acceptors (Lipinski definition) is 5. The molecule has 2 aromatic rings. The lowest BCUT2D eigenvalue weighted by atomic mass is 10.1. The van der Waals surface area contributed by atoms with E-state index in [9.17, 15) is 4.79 Å². The minimum Gasteiger partial charge on any atom is -0.462 e. The summed E-state index contributed by atoms with van der Waals surface area (Å²) in [5, 5.41) is 0. The Morgan fingerprint density at radius 3 is 2.65 bits per heavy atom. The van der Waals surface area contributed by atoms with Crippen molar-refractivity contribution in [2.24, 2.45) is 0 Å². The first-order valence-corrected chi connectivity index (χ1v) is 7.93. The van der Waals surface area contributed by atoms with Crippen LogP contribution in [0.5, 0.6) is 0 Å². The Balaban J connectivity index is 1.88. The van der Waals surface area contributed by atoms with Gasteiger partial charge in [-0.15, -0.1) is 0 Å². The van der Waals surface area contributed by atoms with Crippen LogP contribution in [0.25, 0.3) is 11.3 Å². The van der Waals surface area contributed by atoms with Crippen molar-refractivity contribution in [1.82, 2.24) is 4.90 Å². The van der Waals surface area contributed by atoms with E-state index in [4.69, 9.17) is 13.9 Å². The van der Waals surface area contributed by atoms with Gasteiger partial charge in [0.15, 0.2) is 0 Å². The minimum atomic E-state index is -0.332. The summed E-state index contributed by atoms with van der Waals surface area (Å²) in [5.41, 5.74) is 1.46. The summed E-state index contributed by atoms with van der Waals surface area (Å²) in [4.78, 5) is 14.4. The van der Waals surface area contributed by atoms with Gasteiger partial charge in [0.05, 0.1) is 26.4 Å². The van der Waals surface area contributed by atoms with E-state index in [1.165, 1.54) is 0 Å². The molecule has 0 bridgehead atoms. The number of furan rings is 1. The topological polar surface area (TPSA) is 51.9 Å². The summed E-state index contributed by atoms with van der Waals surface area (Å²) in [6.45, 7) is 5.83. The molecule has 1 fully saturated rings. The zero-order valence-electron chi connectivity index (χ0n) is 13.3. The molecule has 0 unspecified atom stereocenters. The maximum Gasteiger partial charge on any atom is 0.341 e. The van der Waals surface area contributed by atoms with Gasteiger partial charge < -0.3 is 13.9 Å². The van der Waals surface area contributed by atoms with Crippen LogP contribution in [0.2, 0.25) is 0 Å². The first-order chi connectivity index (χ1) is 11.3. The zero-order chi connectivity index (χ0) is 16.1. The molecule has 0 spiro atoms. The van der Waals surface area contributed by atoms with Gasteiger partial charge in [-0.05, 0) is 13.0 Å². The van der Waals surface area contributed by atoms with Gasteiger partial charge >= 0.3 is 5.97 Å². The summed E-state index contributed by atoms with van der Waals surface area (Å²) in [6.07, 6.45) is 0. The number of benzene rings is 1. The van der Waals surface area contributed by atoms with Gasteiger partial charge in [-0.2, -0.15) is 0 Å². The second-order valence-corrected chi connectivity index (χ2v) is 5.42. The van der Waals surface area contributed by atoms with E-state index in [-0.39, 0.29) is 5.97 Å². The Kier molecular flexibility index (Phi) is 5.10. The summed E-state index contributed by atoms with van der Waals surface area (Å²) in [7, 11) is 0. The SMILES string of the molecule is CCOC(=O)c1cc(-c2ccccc2)oc1CN1CCOCC1. The molecule has 3 rings (SSSR count). The third kappa shape index (κ3) is 3.81. The van der Waals surface area contributed by atoms with E-state index in [0.717, 1.165) is 18.7 Å². The van der Waals surface area contributed by atoms with Gasteiger partial charge in [0, 0.05) is 18.7 Å². The third-order valence-corrected chi connectivity index (χ3v) is 3.83. The fraction of sp³-hybridized carbons (Fsp3) is 0.389. The molecular weight excluding hydrogens is 294 g/mol. The predicted octanol–water partition coefficient (Wildman–Crippen LogP) is 2.96. The van der Waals surface area contributed by atoms with Crippen molar-refractivity contribution in [2.75, 3.05) is 32.9 Å². The molecule has 1 aromatic carbocycles. The number of ether oxygens (including phenoxy) is 2. The average Bonchev–Trinajstić information content (AvgIpc) is 3.01. The molecule has 0 aliphatic carbocycles. The smallest absolute Gasteiger partial charge is 0.341 e. The summed E-state index contributed by atoms with van der Waals surface area (Å²) < 4.78 is 16.5. The van der Waals surface area contributed by atoms with Crippen LogP contribution in [-0.4, -0.2) is 43.8 Å². The van der Waals surface area contributed by atoms with Gasteiger partial charge in [-0.1, -0.05) is 30.3 Å². The molecule has 122 valence electrons. The van der Waals surface area contributed by atoms with Crippen molar-refractivity contribution in [3.63, 3.8) is 0 Å². The van der Waals surface area contributed by atoms with Gasteiger partial charge in [0.2, 0.25) is 0 Å². The van der Waals surface area contributed by atoms with E-state index in [1.807, 2.05) is 30.3 Å². The Morgan fingerprint density at radius 2 is 1.96 bits per heavy atom. The Hall–Kier alpha value is -2.11. The molecule has 1 aliphatic rings. The standard InChI is InChI=1S/C18H21NO4/c1-2-22-18(20)15-12-16(14-6-4-3-5-7-14)23-17(15)13-19-8-10-21-11-9-19/h3-7,12H,2,8-11,13H2,1H3. The molecule has 0 amide bonds. The number of rotatable bonds is 5. The lowest BCUT2D eigenvalue weighted by Gasteiger charge is -2.25. The monoisotopic (exact) mass is 315 g/mol. The fourth-order valence-corrected chi connectivity index (χ4v) is 2.63. The molecule has 2 heterocycles. The molecule has 1 saturated heterocycles. The molecule has 23 heavy (non-hydrogen) atoms. The van der Waals surface area contributed by atoms with Crippen LogP contribution in [0, 0.1) is 0 Å². The highest BCUT2D eigenvalue weighted by Crippen LogP contribution is 2.27. The van der Waals surface area contributed by atoms with Crippen molar-refractivity contribution < 1.29 is 18.7 Å². The Labute approximate surface area is 135 Å². The molecular formula is C18H21NO4. The molecule has 5 heteroatoms. The summed E-state index contributed by atoms with van der Waals surface area (Å²) in [6, 6.07) is 11.6. The van der Waals surface area contributed by atoms with Gasteiger partial charge in [-0.25, -0.2) is 4.79 Å². The van der Waals surface area contributed by atoms with Crippen molar-refractivity contribution >= 4 is 5.97 Å². The number of esters is 1. The van der Waals surface area contributed by atoms with Crippen molar-refractivity contribution in [2.45, 2.75) is 13.5 Å². The molecule has 0 N–H and O–H groups in total. The Bertz CT molecular complexity index is 644. The highest BCUT2D eigenvalue weighted by Gasteiger charge is 2.22. The van der Waals surface area contributed by atoms with E-state index in [1.54, 1.807) is 13.0 Å². The quantitative estimate of drug-likeness (QED) is 0.794. The van der Waals surface area contributed by atoms with Crippen LogP contribution in [0.1, 0.15) is 23.0 Å². The van der Waals surface area contributed by atoms with Crippen molar-refractivity contribution in [3.05, 3.63) is 47.7 Å². The van der Waals surface area contributed by atoms with Gasteiger partial charge in [0.1, 0.15) is 17.1 Å². The molecule has 0 radical (unpaired) electrons. The van der Waals surface area contributed by atoms with Crippen LogP contribution < -0.4 is 0 Å². The highest BCUT2D eigenvalue weighted by molar-refractivity contribution is 5.92. The third-order valence-electron chi connectivity index (χ3n) is 3.83. The summed E-state index contributed by atoms with van der Waals surface area (Å²) >= 11 is 0. The Morgan fingerprint density at radius 1 is 1.22 bits per heavy atom. The van der Waals surface area contributed by atoms with Crippen molar-refractivity contribution in [3.8, 4) is 11.3 Å². The first-order valence-electron chi connectivity index (χ1n) is 7.93. The normalized spacial score (nSPS) is 15.5. The van der Waals surface area contributed by atoms with Crippen LogP contribution in [0.4, 0.5) is 0 Å². The lowest BCUT2D eigenvalue weighted by molar-refractivity contribution is 0.0307. The minimum absolute atomic E-state index is 0.332. The summed E-state index contributed by atoms with van der Waals surface area (Å²) in [5.74, 6) is 1.02. The highest BCUT2D eigenvalue weighted by atomic mass is 16.5. The molecule has 0 atom stereocenters. The largest absolute Gasteiger partial charge is 0.462 e. The van der Waals surface area contributed by atoms with Crippen molar-refractivity contribution in [1.29, 1.82) is 0 Å². The zero-order valence-corrected chi connectivity index (χ0v) is 13.3. The predicted molar refractivity (Wildman–Crippen MR) is 86.2 cm³/mol. The van der Waals surface area contributed by atoms with Crippen LogP contribution in [0.3, 0.4) is 0 Å². The number of morpholine rings is 1. The van der Waals surface area contributed by atoms with Crippen LogP contribution >= 0.6 is 0 Å². The lowest BCUT2D eigenvalue weighted by Crippen LogP contribution is -2.35. The van der Waals surface area contributed by atoms with E-state index < -0.39 is 0 Å². The maximum atomic E-state index is 12.2. The van der Waals surface area contributed by atoms with Crippen LogP contribution in [-0.2, 0) is 16.0 Å². The number of hydrogen-bond donors (Lipinski definition) is 0. The molecule has 5 nitrogen and oxygen atoms in total. The van der Waals surface area contributed by atoms with Crippen LogP contribution in [0.15, 0.2) is 40.8 Å². The van der Waals surface area contributed by atoms with Gasteiger partial charge in [-0.3, -0.25) is 4.90 Å². The second kappa shape index (κ2) is 7.44. The maximum absolute atomic E-state index is 12.2. The molecule has 1 aliphatic heterocycles. The first kappa shape index (κ1) is 15.8. The van der Waals surface area contributed by atoms with E-state index >= 15 is 0 Å². The number of carbonyl (C=O) groups is 1. The van der Waals surface area contributed by atoms with Gasteiger partial charge in [0.25, 0.3) is 0 Å². The number of carbonyl (C=O) groups excluding carboxylic acids is 1. The second-order valence-electron chi connectivity index (χ2n) is 5.42. The van der Waals surface area contributed by atoms with E-state index in [2.05, 4.69) is 4.90 Å². The number of nitrogens with zero attached hydrogens (tertiary/aromatic N) is 1. The van der Waals surface area contributed by atoms with E-state index in [0.29, 0.717) is 43.4 Å². The molecule has 0 saturated carbocycles. The fourth-order valence-electron chi connectivity index (χ4n) is 2.63.